The topological polar surface area (TPSA) is 62.7 Å². The van der Waals surface area contributed by atoms with Crippen LogP contribution in [0.1, 0.15) is 23.0 Å². The molecule has 2 amide bonds. The van der Waals surface area contributed by atoms with Crippen LogP contribution in [0.4, 0.5) is 4.39 Å². The van der Waals surface area contributed by atoms with E-state index in [1.807, 2.05) is 36.6 Å². The van der Waals surface area contributed by atoms with E-state index in [9.17, 15) is 14.0 Å². The minimum Gasteiger partial charge on any atom is -0.494 e. The van der Waals surface area contributed by atoms with Crippen molar-refractivity contribution in [3.63, 3.8) is 0 Å². The van der Waals surface area contributed by atoms with Crippen molar-refractivity contribution in [1.29, 1.82) is 0 Å². The van der Waals surface area contributed by atoms with E-state index < -0.39 is 5.82 Å². The zero-order valence-corrected chi connectivity index (χ0v) is 19.7. The monoisotopic (exact) mass is 487 g/mol. The molecule has 0 saturated carbocycles. The van der Waals surface area contributed by atoms with E-state index >= 15 is 0 Å². The normalized spacial score (nSPS) is 13.8. The lowest BCUT2D eigenvalue weighted by Gasteiger charge is -2.35. The van der Waals surface area contributed by atoms with Crippen LogP contribution in [0.25, 0.3) is 10.6 Å². The van der Waals surface area contributed by atoms with E-state index in [0.717, 1.165) is 28.1 Å². The lowest BCUT2D eigenvalue weighted by Crippen LogP contribution is -2.51. The van der Waals surface area contributed by atoms with Crippen molar-refractivity contribution < 1.29 is 18.7 Å². The van der Waals surface area contributed by atoms with Gasteiger partial charge in [-0.3, -0.25) is 9.59 Å². The molecule has 9 heteroatoms. The van der Waals surface area contributed by atoms with Crippen molar-refractivity contribution >= 4 is 34.8 Å². The van der Waals surface area contributed by atoms with Gasteiger partial charge in [0.05, 0.1) is 29.3 Å². The molecule has 1 fully saturated rings. The van der Waals surface area contributed by atoms with Gasteiger partial charge in [0.25, 0.3) is 5.91 Å². The number of carbonyl (C=O) groups excluding carboxylic acids is 2. The van der Waals surface area contributed by atoms with Crippen molar-refractivity contribution in [3.05, 3.63) is 69.9 Å². The number of nitrogens with zero attached hydrogens (tertiary/aromatic N) is 3. The Morgan fingerprint density at radius 2 is 1.79 bits per heavy atom. The maximum atomic E-state index is 13.3. The molecule has 0 N–H and O–H groups in total. The molecule has 0 spiro atoms. The van der Waals surface area contributed by atoms with Gasteiger partial charge in [0.1, 0.15) is 16.6 Å². The lowest BCUT2D eigenvalue weighted by atomic mass is 10.1. The smallest absolute Gasteiger partial charge is 0.255 e. The SMILES string of the molecule is CCOc1ccc(-c2nc(CC(=O)N3CCN(C(=O)c4ccc(F)cc4Cl)CC3)cs2)cc1. The predicted molar refractivity (Wildman–Crippen MR) is 126 cm³/mol. The highest BCUT2D eigenvalue weighted by Gasteiger charge is 2.26. The highest BCUT2D eigenvalue weighted by molar-refractivity contribution is 7.13. The number of aromatic nitrogens is 1. The number of thiazole rings is 1. The van der Waals surface area contributed by atoms with E-state index in [1.165, 1.54) is 23.5 Å². The van der Waals surface area contributed by atoms with Crippen molar-refractivity contribution in [2.45, 2.75) is 13.3 Å². The zero-order valence-electron chi connectivity index (χ0n) is 18.1. The molecule has 4 rings (SSSR count). The van der Waals surface area contributed by atoms with Crippen LogP contribution in [-0.4, -0.2) is 59.4 Å². The van der Waals surface area contributed by atoms with Gasteiger partial charge in [0, 0.05) is 37.1 Å². The maximum Gasteiger partial charge on any atom is 0.255 e. The van der Waals surface area contributed by atoms with Crippen LogP contribution in [-0.2, 0) is 11.2 Å². The fraction of sp³-hybridized carbons (Fsp3) is 0.292. The number of halogens is 2. The van der Waals surface area contributed by atoms with Crippen LogP contribution in [0.3, 0.4) is 0 Å². The number of amides is 2. The summed E-state index contributed by atoms with van der Waals surface area (Å²) >= 11 is 7.52. The number of rotatable bonds is 6. The fourth-order valence-electron chi connectivity index (χ4n) is 3.64. The molecule has 0 radical (unpaired) electrons. The van der Waals surface area contributed by atoms with Gasteiger partial charge < -0.3 is 14.5 Å². The third-order valence-electron chi connectivity index (χ3n) is 5.38. The standard InChI is InChI=1S/C24H23ClFN3O3S/c1-2-32-19-6-3-16(4-7-19)23-27-18(15-33-23)14-22(30)28-9-11-29(12-10-28)24(31)20-8-5-17(26)13-21(20)25/h3-8,13,15H,2,9-12,14H2,1H3. The Labute approximate surface area is 200 Å². The van der Waals surface area contributed by atoms with E-state index in [2.05, 4.69) is 4.98 Å². The Morgan fingerprint density at radius 1 is 1.09 bits per heavy atom. The molecule has 0 aliphatic carbocycles. The predicted octanol–water partition coefficient (Wildman–Crippen LogP) is 4.53. The van der Waals surface area contributed by atoms with Crippen LogP contribution >= 0.6 is 22.9 Å². The van der Waals surface area contributed by atoms with Gasteiger partial charge in [-0.25, -0.2) is 9.37 Å². The van der Waals surface area contributed by atoms with Gasteiger partial charge in [0.2, 0.25) is 5.91 Å². The molecule has 33 heavy (non-hydrogen) atoms. The minimum absolute atomic E-state index is 0.0227. The Kier molecular flexibility index (Phi) is 7.25. The first-order valence-corrected chi connectivity index (χ1v) is 11.9. The van der Waals surface area contributed by atoms with E-state index in [-0.39, 0.29) is 28.8 Å². The number of hydrogen-bond donors (Lipinski definition) is 0. The molecule has 3 aromatic rings. The number of ether oxygens (including phenoxy) is 1. The van der Waals surface area contributed by atoms with Crippen molar-refractivity contribution in [2.24, 2.45) is 0 Å². The molecule has 1 aliphatic rings. The zero-order chi connectivity index (χ0) is 23.4. The van der Waals surface area contributed by atoms with E-state index in [0.29, 0.717) is 32.8 Å². The second-order valence-electron chi connectivity index (χ2n) is 7.58. The first-order valence-electron chi connectivity index (χ1n) is 10.6. The molecule has 6 nitrogen and oxygen atoms in total. The Balaban J connectivity index is 1.32. The summed E-state index contributed by atoms with van der Waals surface area (Å²) in [5, 5.41) is 2.85. The van der Waals surface area contributed by atoms with Crippen LogP contribution in [0.2, 0.25) is 5.02 Å². The van der Waals surface area contributed by atoms with Gasteiger partial charge in [0.15, 0.2) is 0 Å². The number of hydrogen-bond acceptors (Lipinski definition) is 5. The Bertz CT molecular complexity index is 1140. The molecule has 2 heterocycles. The summed E-state index contributed by atoms with van der Waals surface area (Å²) in [6, 6.07) is 11.5. The molecule has 2 aromatic carbocycles. The average Bonchev–Trinajstić information content (AvgIpc) is 3.28. The van der Waals surface area contributed by atoms with Crippen molar-refractivity contribution in [3.8, 4) is 16.3 Å². The summed E-state index contributed by atoms with van der Waals surface area (Å²) < 4.78 is 18.7. The van der Waals surface area contributed by atoms with Gasteiger partial charge >= 0.3 is 0 Å². The number of carbonyl (C=O) groups is 2. The first-order chi connectivity index (χ1) is 15.9. The molecule has 0 unspecified atom stereocenters. The van der Waals surface area contributed by atoms with Gasteiger partial charge in [-0.05, 0) is 49.4 Å². The Hall–Kier alpha value is -2.97. The van der Waals surface area contributed by atoms with Crippen LogP contribution < -0.4 is 4.74 Å². The minimum atomic E-state index is -0.486. The summed E-state index contributed by atoms with van der Waals surface area (Å²) in [6.45, 7) is 4.21. The summed E-state index contributed by atoms with van der Waals surface area (Å²) in [6.07, 6.45) is 0.214. The summed E-state index contributed by atoms with van der Waals surface area (Å²) in [4.78, 5) is 33.5. The molecule has 1 aliphatic heterocycles. The molecule has 1 aromatic heterocycles. The van der Waals surface area contributed by atoms with Gasteiger partial charge in [-0.1, -0.05) is 11.6 Å². The number of benzene rings is 2. The third-order valence-corrected chi connectivity index (χ3v) is 6.63. The maximum absolute atomic E-state index is 13.3. The van der Waals surface area contributed by atoms with E-state index in [4.69, 9.17) is 16.3 Å². The van der Waals surface area contributed by atoms with Crippen LogP contribution in [0.15, 0.2) is 47.8 Å². The molecule has 172 valence electrons. The number of piperazine rings is 1. The largest absolute Gasteiger partial charge is 0.494 e. The van der Waals surface area contributed by atoms with Gasteiger partial charge in [-0.2, -0.15) is 0 Å². The summed E-state index contributed by atoms with van der Waals surface area (Å²) in [7, 11) is 0. The van der Waals surface area contributed by atoms with E-state index in [1.54, 1.807) is 9.80 Å². The quantitative estimate of drug-likeness (QED) is 0.512. The highest BCUT2D eigenvalue weighted by atomic mass is 35.5. The van der Waals surface area contributed by atoms with Crippen molar-refractivity contribution in [1.82, 2.24) is 14.8 Å². The highest BCUT2D eigenvalue weighted by Crippen LogP contribution is 2.26. The fourth-order valence-corrected chi connectivity index (χ4v) is 4.71. The van der Waals surface area contributed by atoms with Crippen molar-refractivity contribution in [2.75, 3.05) is 32.8 Å². The molecular formula is C24H23ClFN3O3S. The van der Waals surface area contributed by atoms with Crippen LogP contribution in [0, 0.1) is 5.82 Å². The molecular weight excluding hydrogens is 465 g/mol. The summed E-state index contributed by atoms with van der Waals surface area (Å²) in [5.41, 5.74) is 1.97. The molecule has 0 atom stereocenters. The second-order valence-corrected chi connectivity index (χ2v) is 8.84. The second kappa shape index (κ2) is 10.3. The molecule has 1 saturated heterocycles. The molecule has 0 bridgehead atoms. The Morgan fingerprint density at radius 3 is 2.45 bits per heavy atom. The average molecular weight is 488 g/mol. The third kappa shape index (κ3) is 5.51. The summed E-state index contributed by atoms with van der Waals surface area (Å²) in [5.74, 6) is 0.0456. The lowest BCUT2D eigenvalue weighted by molar-refractivity contribution is -0.132. The van der Waals surface area contributed by atoms with Crippen LogP contribution in [0.5, 0.6) is 5.75 Å². The van der Waals surface area contributed by atoms with Gasteiger partial charge in [-0.15, -0.1) is 11.3 Å². The first kappa shape index (κ1) is 23.2.